The van der Waals surface area contributed by atoms with Gasteiger partial charge in [0.25, 0.3) is 0 Å². The van der Waals surface area contributed by atoms with Gasteiger partial charge in [-0.2, -0.15) is 0 Å². The number of aromatic nitrogens is 4. The van der Waals surface area contributed by atoms with E-state index < -0.39 is 0 Å². The highest BCUT2D eigenvalue weighted by Gasteiger charge is 2.10. The molecule has 2 N–H and O–H groups in total. The van der Waals surface area contributed by atoms with Crippen molar-refractivity contribution in [2.45, 2.75) is 13.8 Å². The first kappa shape index (κ1) is 9.51. The predicted octanol–water partition coefficient (Wildman–Crippen LogP) is 1.13. The van der Waals surface area contributed by atoms with Gasteiger partial charge in [-0.25, -0.2) is 0 Å². The summed E-state index contributed by atoms with van der Waals surface area (Å²) in [4.78, 5) is 8.17. The van der Waals surface area contributed by atoms with Crippen LogP contribution >= 0.6 is 0 Å². The molecule has 0 aliphatic carbocycles. The maximum atomic E-state index is 5.66. The largest absolute Gasteiger partial charge is 0.382 e. The van der Waals surface area contributed by atoms with Crippen LogP contribution in [0.15, 0.2) is 18.6 Å². The number of rotatable bonds is 1. The minimum Gasteiger partial charge on any atom is -0.382 e. The zero-order valence-corrected chi connectivity index (χ0v) is 8.60. The van der Waals surface area contributed by atoms with E-state index in [0.717, 1.165) is 16.8 Å². The monoisotopic (exact) mass is 201 g/mol. The van der Waals surface area contributed by atoms with Crippen molar-refractivity contribution in [3.63, 3.8) is 0 Å². The summed E-state index contributed by atoms with van der Waals surface area (Å²) in [6, 6.07) is 0. The zero-order chi connectivity index (χ0) is 10.8. The molecule has 0 bridgehead atoms. The SMILES string of the molecule is Cc1c(N)nnc(-c2cnccn2)c1C. The predicted molar refractivity (Wildman–Crippen MR) is 56.9 cm³/mol. The van der Waals surface area contributed by atoms with Crippen LogP contribution in [0.4, 0.5) is 5.82 Å². The smallest absolute Gasteiger partial charge is 0.149 e. The van der Waals surface area contributed by atoms with Gasteiger partial charge in [-0.05, 0) is 25.0 Å². The van der Waals surface area contributed by atoms with Crippen molar-refractivity contribution in [2.75, 3.05) is 5.73 Å². The maximum Gasteiger partial charge on any atom is 0.149 e. The lowest BCUT2D eigenvalue weighted by atomic mass is 10.1. The Balaban J connectivity index is 2.60. The van der Waals surface area contributed by atoms with Crippen molar-refractivity contribution in [1.29, 1.82) is 0 Å². The van der Waals surface area contributed by atoms with E-state index in [4.69, 9.17) is 5.73 Å². The standard InChI is InChI=1S/C10H11N5/c1-6-7(2)10(11)15-14-9(6)8-5-12-3-4-13-8/h3-5H,1-2H3,(H2,11,15). The van der Waals surface area contributed by atoms with Crippen LogP contribution in [-0.2, 0) is 0 Å². The Bertz CT molecular complexity index is 481. The fourth-order valence-corrected chi connectivity index (χ4v) is 1.29. The van der Waals surface area contributed by atoms with Crippen LogP contribution in [-0.4, -0.2) is 20.2 Å². The summed E-state index contributed by atoms with van der Waals surface area (Å²) < 4.78 is 0. The number of nitrogens with two attached hydrogens (primary N) is 1. The van der Waals surface area contributed by atoms with Gasteiger partial charge in [-0.1, -0.05) is 0 Å². The number of nitrogen functional groups attached to an aromatic ring is 1. The fourth-order valence-electron chi connectivity index (χ4n) is 1.29. The van der Waals surface area contributed by atoms with Gasteiger partial charge in [-0.3, -0.25) is 9.97 Å². The van der Waals surface area contributed by atoms with Crippen LogP contribution in [0.3, 0.4) is 0 Å². The third kappa shape index (κ3) is 1.63. The quantitative estimate of drug-likeness (QED) is 0.748. The number of hydrogen-bond donors (Lipinski definition) is 1. The highest BCUT2D eigenvalue weighted by atomic mass is 15.1. The molecule has 2 rings (SSSR count). The molecule has 0 atom stereocenters. The summed E-state index contributed by atoms with van der Waals surface area (Å²) >= 11 is 0. The molecular weight excluding hydrogens is 190 g/mol. The van der Waals surface area contributed by atoms with Crippen LogP contribution in [0.2, 0.25) is 0 Å². The van der Waals surface area contributed by atoms with Gasteiger partial charge in [-0.15, -0.1) is 10.2 Å². The highest BCUT2D eigenvalue weighted by molar-refractivity contribution is 5.61. The molecule has 0 unspecified atom stereocenters. The van der Waals surface area contributed by atoms with Gasteiger partial charge in [0.05, 0.1) is 6.20 Å². The summed E-state index contributed by atoms with van der Waals surface area (Å²) in [7, 11) is 0. The normalized spacial score (nSPS) is 10.3. The molecule has 0 aliphatic heterocycles. The fraction of sp³-hybridized carbons (Fsp3) is 0.200. The molecule has 15 heavy (non-hydrogen) atoms. The Morgan fingerprint density at radius 2 is 1.87 bits per heavy atom. The lowest BCUT2D eigenvalue weighted by Gasteiger charge is -2.07. The molecule has 0 fully saturated rings. The summed E-state index contributed by atoms with van der Waals surface area (Å²) in [5.74, 6) is 0.458. The van der Waals surface area contributed by atoms with Crippen molar-refractivity contribution in [1.82, 2.24) is 20.2 Å². The van der Waals surface area contributed by atoms with Crippen LogP contribution in [0.1, 0.15) is 11.1 Å². The Hall–Kier alpha value is -2.04. The molecule has 2 heterocycles. The van der Waals surface area contributed by atoms with E-state index in [2.05, 4.69) is 20.2 Å². The molecular formula is C10H11N5. The van der Waals surface area contributed by atoms with Crippen LogP contribution in [0.5, 0.6) is 0 Å². The minimum atomic E-state index is 0.458. The van der Waals surface area contributed by atoms with Crippen molar-refractivity contribution in [3.8, 4) is 11.4 Å². The van der Waals surface area contributed by atoms with Crippen molar-refractivity contribution in [2.24, 2.45) is 0 Å². The Kier molecular flexibility index (Phi) is 2.29. The van der Waals surface area contributed by atoms with E-state index in [1.54, 1.807) is 18.6 Å². The van der Waals surface area contributed by atoms with Crippen molar-refractivity contribution >= 4 is 5.82 Å². The molecule has 76 valence electrons. The second kappa shape index (κ2) is 3.61. The molecule has 0 saturated heterocycles. The lowest BCUT2D eigenvalue weighted by molar-refractivity contribution is 1.00. The number of anilines is 1. The van der Waals surface area contributed by atoms with Gasteiger partial charge in [0.15, 0.2) is 0 Å². The average molecular weight is 201 g/mol. The molecule has 5 nitrogen and oxygen atoms in total. The Morgan fingerprint density at radius 3 is 2.53 bits per heavy atom. The van der Waals surface area contributed by atoms with E-state index in [1.807, 2.05) is 13.8 Å². The first-order valence-corrected chi connectivity index (χ1v) is 4.56. The molecule has 0 spiro atoms. The molecule has 5 heteroatoms. The van der Waals surface area contributed by atoms with E-state index in [9.17, 15) is 0 Å². The van der Waals surface area contributed by atoms with Gasteiger partial charge < -0.3 is 5.73 Å². The van der Waals surface area contributed by atoms with Crippen LogP contribution in [0.25, 0.3) is 11.4 Å². The van der Waals surface area contributed by atoms with Crippen molar-refractivity contribution < 1.29 is 0 Å². The summed E-state index contributed by atoms with van der Waals surface area (Å²) in [6.07, 6.45) is 4.91. The third-order valence-electron chi connectivity index (χ3n) is 2.37. The van der Waals surface area contributed by atoms with Crippen molar-refractivity contribution in [3.05, 3.63) is 29.7 Å². The Morgan fingerprint density at radius 1 is 1.07 bits per heavy atom. The second-order valence-corrected chi connectivity index (χ2v) is 3.27. The van der Waals surface area contributed by atoms with Crippen LogP contribution < -0.4 is 5.73 Å². The first-order valence-electron chi connectivity index (χ1n) is 4.56. The second-order valence-electron chi connectivity index (χ2n) is 3.27. The van der Waals surface area contributed by atoms with E-state index in [-0.39, 0.29) is 0 Å². The summed E-state index contributed by atoms with van der Waals surface area (Å²) in [6.45, 7) is 3.86. The van der Waals surface area contributed by atoms with Gasteiger partial charge in [0.2, 0.25) is 0 Å². The molecule has 0 aromatic carbocycles. The lowest BCUT2D eigenvalue weighted by Crippen LogP contribution is -2.02. The van der Waals surface area contributed by atoms with Gasteiger partial charge in [0, 0.05) is 12.4 Å². The molecule has 0 aliphatic rings. The van der Waals surface area contributed by atoms with E-state index in [1.165, 1.54) is 0 Å². The van der Waals surface area contributed by atoms with Gasteiger partial charge in [0.1, 0.15) is 17.2 Å². The number of nitrogens with zero attached hydrogens (tertiary/aromatic N) is 4. The van der Waals surface area contributed by atoms with E-state index in [0.29, 0.717) is 11.5 Å². The first-order chi connectivity index (χ1) is 7.20. The third-order valence-corrected chi connectivity index (χ3v) is 2.37. The zero-order valence-electron chi connectivity index (χ0n) is 8.60. The topological polar surface area (TPSA) is 77.6 Å². The summed E-state index contributed by atoms with van der Waals surface area (Å²) in [5, 5.41) is 7.91. The molecule has 0 amide bonds. The average Bonchev–Trinajstić information content (AvgIpc) is 2.27. The maximum absolute atomic E-state index is 5.66. The van der Waals surface area contributed by atoms with Crippen LogP contribution in [0, 0.1) is 13.8 Å². The van der Waals surface area contributed by atoms with Gasteiger partial charge >= 0.3 is 0 Å². The molecule has 0 radical (unpaired) electrons. The van der Waals surface area contributed by atoms with E-state index >= 15 is 0 Å². The molecule has 0 saturated carbocycles. The summed E-state index contributed by atoms with van der Waals surface area (Å²) in [5.41, 5.74) is 9.03. The molecule has 2 aromatic heterocycles. The Labute approximate surface area is 87.4 Å². The number of hydrogen-bond acceptors (Lipinski definition) is 5. The minimum absolute atomic E-state index is 0.458. The molecule has 2 aromatic rings. The highest BCUT2D eigenvalue weighted by Crippen LogP contribution is 2.21.